The minimum absolute atomic E-state index is 0.0592. The van der Waals surface area contributed by atoms with E-state index in [2.05, 4.69) is 0 Å². The number of amides is 1. The highest BCUT2D eigenvalue weighted by atomic mass is 32.1. The average molecular weight is 283 g/mol. The third-order valence-electron chi connectivity index (χ3n) is 2.42. The van der Waals surface area contributed by atoms with E-state index in [9.17, 15) is 9.59 Å². The minimum Gasteiger partial charge on any atom is -0.478 e. The lowest BCUT2D eigenvalue weighted by Crippen LogP contribution is -2.27. The van der Waals surface area contributed by atoms with Gasteiger partial charge in [-0.25, -0.2) is 4.79 Å². The Hall–Kier alpha value is -1.66. The number of ether oxygens (including phenoxy) is 1. The Morgan fingerprint density at radius 3 is 2.84 bits per heavy atom. The third kappa shape index (κ3) is 5.23. The molecule has 0 unspecified atom stereocenters. The lowest BCUT2D eigenvalue weighted by molar-refractivity contribution is -0.131. The van der Waals surface area contributed by atoms with Crippen LogP contribution in [0, 0.1) is 0 Å². The van der Waals surface area contributed by atoms with E-state index in [1.54, 1.807) is 31.2 Å². The molecule has 1 heterocycles. The molecule has 0 radical (unpaired) electrons. The van der Waals surface area contributed by atoms with Crippen molar-refractivity contribution in [3.63, 3.8) is 0 Å². The molecule has 0 aliphatic carbocycles. The Morgan fingerprint density at radius 1 is 1.47 bits per heavy atom. The van der Waals surface area contributed by atoms with Gasteiger partial charge in [-0.05, 0) is 24.6 Å². The number of thiophene rings is 1. The average Bonchev–Trinajstić information content (AvgIpc) is 2.84. The number of methoxy groups -OCH3 is 1. The summed E-state index contributed by atoms with van der Waals surface area (Å²) < 4.78 is 4.94. The van der Waals surface area contributed by atoms with Crippen molar-refractivity contribution in [3.05, 3.63) is 28.0 Å². The number of aliphatic carboxylic acids is 1. The van der Waals surface area contributed by atoms with Gasteiger partial charge in [-0.1, -0.05) is 0 Å². The van der Waals surface area contributed by atoms with Crippen LogP contribution >= 0.6 is 11.3 Å². The van der Waals surface area contributed by atoms with Crippen molar-refractivity contribution in [2.45, 2.75) is 6.42 Å². The second kappa shape index (κ2) is 7.70. The van der Waals surface area contributed by atoms with Crippen LogP contribution in [0.15, 0.2) is 18.2 Å². The van der Waals surface area contributed by atoms with Crippen molar-refractivity contribution in [2.75, 3.05) is 27.3 Å². The molecule has 0 bridgehead atoms. The van der Waals surface area contributed by atoms with Crippen LogP contribution in [-0.2, 0) is 9.53 Å². The van der Waals surface area contributed by atoms with Crippen LogP contribution in [0.4, 0.5) is 0 Å². The van der Waals surface area contributed by atoms with Crippen molar-refractivity contribution in [2.24, 2.45) is 0 Å². The van der Waals surface area contributed by atoms with Crippen LogP contribution in [0.3, 0.4) is 0 Å². The molecule has 104 valence electrons. The van der Waals surface area contributed by atoms with Crippen LogP contribution in [0.1, 0.15) is 21.0 Å². The highest BCUT2D eigenvalue weighted by Gasteiger charge is 2.13. The summed E-state index contributed by atoms with van der Waals surface area (Å²) >= 11 is 1.28. The van der Waals surface area contributed by atoms with Gasteiger partial charge >= 0.3 is 5.97 Å². The minimum atomic E-state index is -1.00. The van der Waals surface area contributed by atoms with Gasteiger partial charge in [0.25, 0.3) is 5.91 Å². The van der Waals surface area contributed by atoms with Crippen molar-refractivity contribution >= 4 is 29.3 Å². The van der Waals surface area contributed by atoms with Gasteiger partial charge in [0.1, 0.15) is 0 Å². The Bertz CT molecular complexity index is 467. The van der Waals surface area contributed by atoms with E-state index in [4.69, 9.17) is 9.84 Å². The number of hydrogen-bond donors (Lipinski definition) is 1. The van der Waals surface area contributed by atoms with Crippen LogP contribution in [0.5, 0.6) is 0 Å². The van der Waals surface area contributed by atoms with E-state index in [0.717, 1.165) is 17.4 Å². The fraction of sp³-hybridized carbons (Fsp3) is 0.385. The van der Waals surface area contributed by atoms with E-state index >= 15 is 0 Å². The van der Waals surface area contributed by atoms with Crippen LogP contribution < -0.4 is 0 Å². The van der Waals surface area contributed by atoms with Crippen molar-refractivity contribution in [1.29, 1.82) is 0 Å². The van der Waals surface area contributed by atoms with Crippen molar-refractivity contribution in [3.8, 4) is 0 Å². The molecule has 1 aromatic rings. The molecule has 0 atom stereocenters. The maximum absolute atomic E-state index is 12.0. The van der Waals surface area contributed by atoms with E-state index < -0.39 is 5.97 Å². The molecule has 0 aliphatic rings. The summed E-state index contributed by atoms with van der Waals surface area (Å²) in [6.45, 7) is 1.25. The first-order chi connectivity index (χ1) is 9.04. The van der Waals surface area contributed by atoms with E-state index in [1.165, 1.54) is 17.4 Å². The molecule has 1 aromatic heterocycles. The molecular weight excluding hydrogens is 266 g/mol. The van der Waals surface area contributed by atoms with Gasteiger partial charge in [-0.3, -0.25) is 4.79 Å². The predicted molar refractivity (Wildman–Crippen MR) is 74.4 cm³/mol. The number of carbonyl (C=O) groups is 2. The molecule has 1 amide bonds. The number of nitrogens with zero attached hydrogens (tertiary/aromatic N) is 1. The number of carboxylic acid groups (broad SMARTS) is 1. The van der Waals surface area contributed by atoms with E-state index in [1.807, 2.05) is 0 Å². The third-order valence-corrected chi connectivity index (χ3v) is 3.45. The maximum atomic E-state index is 12.0. The van der Waals surface area contributed by atoms with Crippen LogP contribution in [-0.4, -0.2) is 49.2 Å². The normalized spacial score (nSPS) is 10.8. The molecular formula is C13H17NO4S. The smallest absolute Gasteiger partial charge is 0.328 e. The van der Waals surface area contributed by atoms with Gasteiger partial charge in [0.2, 0.25) is 0 Å². The zero-order chi connectivity index (χ0) is 14.3. The SMILES string of the molecule is COCCCN(C)C(=O)c1ccc(/C=C/C(=O)O)s1. The maximum Gasteiger partial charge on any atom is 0.328 e. The summed E-state index contributed by atoms with van der Waals surface area (Å²) in [5, 5.41) is 8.53. The summed E-state index contributed by atoms with van der Waals surface area (Å²) in [5.41, 5.74) is 0. The molecule has 0 aliphatic heterocycles. The Morgan fingerprint density at radius 2 is 2.21 bits per heavy atom. The quantitative estimate of drug-likeness (QED) is 0.613. The summed E-state index contributed by atoms with van der Waals surface area (Å²) in [4.78, 5) is 25.4. The molecule has 1 N–H and O–H groups in total. The van der Waals surface area contributed by atoms with Gasteiger partial charge in [-0.15, -0.1) is 11.3 Å². The zero-order valence-electron chi connectivity index (χ0n) is 11.0. The topological polar surface area (TPSA) is 66.8 Å². The molecule has 0 spiro atoms. The van der Waals surface area contributed by atoms with Gasteiger partial charge < -0.3 is 14.7 Å². The number of carboxylic acids is 1. The first-order valence-corrected chi connectivity index (χ1v) is 6.61. The zero-order valence-corrected chi connectivity index (χ0v) is 11.8. The Labute approximate surface area is 116 Å². The monoisotopic (exact) mass is 283 g/mol. The van der Waals surface area contributed by atoms with Crippen molar-refractivity contribution < 1.29 is 19.4 Å². The highest BCUT2D eigenvalue weighted by Crippen LogP contribution is 2.19. The van der Waals surface area contributed by atoms with Gasteiger partial charge in [-0.2, -0.15) is 0 Å². The number of hydrogen-bond acceptors (Lipinski definition) is 4. The molecule has 5 nitrogen and oxygen atoms in total. The second-order valence-electron chi connectivity index (χ2n) is 3.95. The predicted octanol–water partition coefficient (Wildman–Crippen LogP) is 1.95. The first-order valence-electron chi connectivity index (χ1n) is 5.80. The highest BCUT2D eigenvalue weighted by molar-refractivity contribution is 7.14. The fourth-order valence-corrected chi connectivity index (χ4v) is 2.35. The Balaban J connectivity index is 2.60. The van der Waals surface area contributed by atoms with Crippen molar-refractivity contribution in [1.82, 2.24) is 4.90 Å². The standard InChI is InChI=1S/C13H17NO4S/c1-14(8-3-9-18-2)13(17)11-6-4-10(19-11)5-7-12(15)16/h4-7H,3,8-9H2,1-2H3,(H,15,16)/b7-5+. The molecule has 0 saturated carbocycles. The van der Waals surface area contributed by atoms with Gasteiger partial charge in [0, 0.05) is 38.3 Å². The lowest BCUT2D eigenvalue weighted by atomic mass is 10.3. The molecule has 1 rings (SSSR count). The molecule has 6 heteroatoms. The van der Waals surface area contributed by atoms with E-state index in [0.29, 0.717) is 18.0 Å². The molecule has 0 saturated heterocycles. The first kappa shape index (κ1) is 15.4. The summed E-state index contributed by atoms with van der Waals surface area (Å²) in [7, 11) is 3.37. The van der Waals surface area contributed by atoms with Gasteiger partial charge in [0.15, 0.2) is 0 Å². The summed E-state index contributed by atoms with van der Waals surface area (Å²) in [6, 6.07) is 3.45. The number of carbonyl (C=O) groups excluding carboxylic acids is 1. The van der Waals surface area contributed by atoms with Crippen LogP contribution in [0.25, 0.3) is 6.08 Å². The van der Waals surface area contributed by atoms with Crippen LogP contribution in [0.2, 0.25) is 0 Å². The second-order valence-corrected chi connectivity index (χ2v) is 5.06. The summed E-state index contributed by atoms with van der Waals surface area (Å²) in [5.74, 6) is -1.06. The number of rotatable bonds is 7. The largest absolute Gasteiger partial charge is 0.478 e. The molecule has 0 aromatic carbocycles. The summed E-state index contributed by atoms with van der Waals surface area (Å²) in [6.07, 6.45) is 3.33. The van der Waals surface area contributed by atoms with E-state index in [-0.39, 0.29) is 5.91 Å². The molecule has 0 fully saturated rings. The fourth-order valence-electron chi connectivity index (χ4n) is 1.45. The van der Waals surface area contributed by atoms with Gasteiger partial charge in [0.05, 0.1) is 4.88 Å². The lowest BCUT2D eigenvalue weighted by Gasteiger charge is -2.15. The molecule has 19 heavy (non-hydrogen) atoms. The Kier molecular flexibility index (Phi) is 6.24.